The molecule has 0 bridgehead atoms. The van der Waals surface area contributed by atoms with Crippen molar-refractivity contribution >= 4 is 22.6 Å². The Hall–Kier alpha value is -2.48. The standard InChI is InChI=1S/C19H23F2N3O3/c1-4-23-10-13(19(26)27)18(25)12-9-14(20)17(15(21)16(12)23)24-7-5-11(6-8-24)22(2)3/h9-11H,4-8H2,1-3H3,(H,26,27). The van der Waals surface area contributed by atoms with E-state index in [1.807, 2.05) is 14.1 Å². The predicted molar refractivity (Wildman–Crippen MR) is 99.7 cm³/mol. The fourth-order valence-electron chi connectivity index (χ4n) is 3.77. The van der Waals surface area contributed by atoms with Crippen molar-refractivity contribution in [2.24, 2.45) is 0 Å². The monoisotopic (exact) mass is 379 g/mol. The van der Waals surface area contributed by atoms with Gasteiger partial charge in [-0.3, -0.25) is 4.79 Å². The van der Waals surface area contributed by atoms with Gasteiger partial charge in [-0.05, 0) is 39.9 Å². The van der Waals surface area contributed by atoms with Gasteiger partial charge in [-0.15, -0.1) is 0 Å². The van der Waals surface area contributed by atoms with Gasteiger partial charge < -0.3 is 19.5 Å². The highest BCUT2D eigenvalue weighted by molar-refractivity contribution is 5.93. The number of aryl methyl sites for hydroxylation is 1. The first-order valence-corrected chi connectivity index (χ1v) is 8.96. The van der Waals surface area contributed by atoms with Gasteiger partial charge in [0.15, 0.2) is 5.82 Å². The number of piperidine rings is 1. The molecule has 1 aromatic carbocycles. The lowest BCUT2D eigenvalue weighted by atomic mass is 10.0. The summed E-state index contributed by atoms with van der Waals surface area (Å²) >= 11 is 0. The minimum Gasteiger partial charge on any atom is -0.477 e. The maximum Gasteiger partial charge on any atom is 0.341 e. The number of carboxylic acid groups (broad SMARTS) is 1. The summed E-state index contributed by atoms with van der Waals surface area (Å²) < 4.78 is 31.5. The number of carboxylic acids is 1. The number of pyridine rings is 1. The van der Waals surface area contributed by atoms with Crippen molar-refractivity contribution in [2.45, 2.75) is 32.4 Å². The number of carbonyl (C=O) groups is 1. The van der Waals surface area contributed by atoms with Crippen LogP contribution in [0.5, 0.6) is 0 Å². The van der Waals surface area contributed by atoms with Gasteiger partial charge >= 0.3 is 5.97 Å². The van der Waals surface area contributed by atoms with Gasteiger partial charge in [0, 0.05) is 31.9 Å². The van der Waals surface area contributed by atoms with Crippen LogP contribution in [0.3, 0.4) is 0 Å². The van der Waals surface area contributed by atoms with Crippen LogP contribution in [0.4, 0.5) is 14.5 Å². The fourth-order valence-corrected chi connectivity index (χ4v) is 3.77. The van der Waals surface area contributed by atoms with Gasteiger partial charge in [0.1, 0.15) is 17.1 Å². The second kappa shape index (κ2) is 7.26. The summed E-state index contributed by atoms with van der Waals surface area (Å²) in [4.78, 5) is 27.5. The van der Waals surface area contributed by atoms with Crippen LogP contribution in [0.2, 0.25) is 0 Å². The highest BCUT2D eigenvalue weighted by atomic mass is 19.1. The summed E-state index contributed by atoms with van der Waals surface area (Å²) in [5.74, 6) is -3.07. The van der Waals surface area contributed by atoms with E-state index in [0.717, 1.165) is 25.1 Å². The Balaban J connectivity index is 2.16. The van der Waals surface area contributed by atoms with Crippen molar-refractivity contribution < 1.29 is 18.7 Å². The molecule has 146 valence electrons. The molecule has 1 N–H and O–H groups in total. The van der Waals surface area contributed by atoms with Gasteiger partial charge in [0.05, 0.1) is 10.9 Å². The van der Waals surface area contributed by atoms with Crippen LogP contribution in [-0.2, 0) is 6.54 Å². The summed E-state index contributed by atoms with van der Waals surface area (Å²) in [5.41, 5.74) is -1.58. The third kappa shape index (κ3) is 3.29. The number of anilines is 1. The summed E-state index contributed by atoms with van der Waals surface area (Å²) in [6.07, 6.45) is 2.68. The molecule has 0 spiro atoms. The van der Waals surface area contributed by atoms with Crippen LogP contribution in [0.25, 0.3) is 10.9 Å². The molecule has 1 aliphatic rings. The average molecular weight is 379 g/mol. The zero-order chi connectivity index (χ0) is 19.9. The predicted octanol–water partition coefficient (Wildman–Crippen LogP) is 2.53. The second-order valence-corrected chi connectivity index (χ2v) is 7.06. The average Bonchev–Trinajstić information content (AvgIpc) is 2.62. The summed E-state index contributed by atoms with van der Waals surface area (Å²) in [5, 5.41) is 8.95. The Morgan fingerprint density at radius 1 is 1.30 bits per heavy atom. The Morgan fingerprint density at radius 3 is 2.44 bits per heavy atom. The van der Waals surface area contributed by atoms with E-state index in [2.05, 4.69) is 4.90 Å². The molecule has 2 heterocycles. The number of nitrogens with zero attached hydrogens (tertiary/aromatic N) is 3. The van der Waals surface area contributed by atoms with Crippen molar-refractivity contribution in [2.75, 3.05) is 32.1 Å². The Labute approximate surface area is 155 Å². The number of hydrogen-bond acceptors (Lipinski definition) is 4. The highest BCUT2D eigenvalue weighted by Gasteiger charge is 2.28. The first kappa shape index (κ1) is 19.3. The molecule has 1 aliphatic heterocycles. The molecule has 0 atom stereocenters. The highest BCUT2D eigenvalue weighted by Crippen LogP contribution is 2.32. The number of rotatable bonds is 4. The van der Waals surface area contributed by atoms with Gasteiger partial charge in [0.25, 0.3) is 0 Å². The number of aromatic nitrogens is 1. The largest absolute Gasteiger partial charge is 0.477 e. The molecule has 27 heavy (non-hydrogen) atoms. The third-order valence-corrected chi connectivity index (χ3v) is 5.31. The first-order valence-electron chi connectivity index (χ1n) is 8.96. The normalized spacial score (nSPS) is 15.7. The quantitative estimate of drug-likeness (QED) is 0.884. The maximum absolute atomic E-state index is 15.3. The van der Waals surface area contributed by atoms with Gasteiger partial charge in [-0.1, -0.05) is 0 Å². The molecule has 1 fully saturated rings. The van der Waals surface area contributed by atoms with Crippen molar-refractivity contribution in [3.63, 3.8) is 0 Å². The van der Waals surface area contributed by atoms with E-state index in [0.29, 0.717) is 19.1 Å². The minimum atomic E-state index is -1.42. The van der Waals surface area contributed by atoms with E-state index >= 15 is 4.39 Å². The number of hydrogen-bond donors (Lipinski definition) is 1. The molecule has 0 amide bonds. The molecule has 8 heteroatoms. The van der Waals surface area contributed by atoms with Gasteiger partial charge in [-0.25, -0.2) is 13.6 Å². The van der Waals surface area contributed by atoms with E-state index in [-0.39, 0.29) is 23.1 Å². The van der Waals surface area contributed by atoms with E-state index in [9.17, 15) is 19.1 Å². The fraction of sp³-hybridized carbons (Fsp3) is 0.474. The van der Waals surface area contributed by atoms with Crippen LogP contribution < -0.4 is 10.3 Å². The van der Waals surface area contributed by atoms with Gasteiger partial charge in [-0.2, -0.15) is 0 Å². The van der Waals surface area contributed by atoms with Gasteiger partial charge in [0.2, 0.25) is 5.43 Å². The molecule has 6 nitrogen and oxygen atoms in total. The molecule has 0 radical (unpaired) electrons. The number of aromatic carboxylic acids is 1. The van der Waals surface area contributed by atoms with Crippen LogP contribution in [0, 0.1) is 11.6 Å². The molecular weight excluding hydrogens is 356 g/mol. The Kier molecular flexibility index (Phi) is 5.19. The van der Waals surface area contributed by atoms with Crippen molar-refractivity contribution in [1.29, 1.82) is 0 Å². The molecule has 0 aliphatic carbocycles. The minimum absolute atomic E-state index is 0.0568. The van der Waals surface area contributed by atoms with E-state index in [4.69, 9.17) is 0 Å². The topological polar surface area (TPSA) is 65.8 Å². The van der Waals surface area contributed by atoms with Crippen molar-refractivity contribution in [3.8, 4) is 0 Å². The molecular formula is C19H23F2N3O3. The number of halogens is 2. The van der Waals surface area contributed by atoms with Crippen LogP contribution in [-0.4, -0.2) is 53.8 Å². The summed E-state index contributed by atoms with van der Waals surface area (Å²) in [6.45, 7) is 2.97. The molecule has 1 saturated heterocycles. The van der Waals surface area contributed by atoms with Crippen LogP contribution in [0.1, 0.15) is 30.1 Å². The summed E-state index contributed by atoms with van der Waals surface area (Å²) in [7, 11) is 3.97. The van der Waals surface area contributed by atoms with E-state index in [1.165, 1.54) is 4.57 Å². The second-order valence-electron chi connectivity index (χ2n) is 7.06. The Morgan fingerprint density at radius 2 is 1.93 bits per heavy atom. The maximum atomic E-state index is 15.3. The van der Waals surface area contributed by atoms with Crippen molar-refractivity contribution in [3.05, 3.63) is 39.7 Å². The lowest BCUT2D eigenvalue weighted by molar-refractivity contribution is 0.0695. The van der Waals surface area contributed by atoms with Crippen LogP contribution >= 0.6 is 0 Å². The molecule has 1 aromatic heterocycles. The number of benzene rings is 1. The lowest BCUT2D eigenvalue weighted by Gasteiger charge is -2.36. The van der Waals surface area contributed by atoms with Crippen molar-refractivity contribution in [1.82, 2.24) is 9.47 Å². The smallest absolute Gasteiger partial charge is 0.341 e. The van der Waals surface area contributed by atoms with E-state index in [1.54, 1.807) is 11.8 Å². The molecule has 3 rings (SSSR count). The molecule has 2 aromatic rings. The molecule has 0 saturated carbocycles. The third-order valence-electron chi connectivity index (χ3n) is 5.31. The van der Waals surface area contributed by atoms with Crippen LogP contribution in [0.15, 0.2) is 17.1 Å². The summed E-state index contributed by atoms with van der Waals surface area (Å²) in [6, 6.07) is 1.33. The van der Waals surface area contributed by atoms with E-state index < -0.39 is 28.6 Å². The SMILES string of the molecule is CCn1cc(C(=O)O)c(=O)c2cc(F)c(N3CCC(N(C)C)CC3)c(F)c21. The number of fused-ring (bicyclic) bond motifs is 1. The molecule has 0 unspecified atom stereocenters. The Bertz CT molecular complexity index is 948. The first-order chi connectivity index (χ1) is 12.8. The zero-order valence-corrected chi connectivity index (χ0v) is 15.6. The zero-order valence-electron chi connectivity index (χ0n) is 15.6. The lowest BCUT2D eigenvalue weighted by Crippen LogP contribution is -2.42.